The van der Waals surface area contributed by atoms with Crippen LogP contribution < -0.4 is 10.6 Å². The lowest BCUT2D eigenvalue weighted by molar-refractivity contribution is -0.117. The third-order valence-corrected chi connectivity index (χ3v) is 3.95. The van der Waals surface area contributed by atoms with Gasteiger partial charge in [-0.2, -0.15) is 0 Å². The van der Waals surface area contributed by atoms with Crippen molar-refractivity contribution < 1.29 is 4.79 Å². The summed E-state index contributed by atoms with van der Waals surface area (Å²) in [4.78, 5) is 12.0. The molecule has 4 heteroatoms. The van der Waals surface area contributed by atoms with E-state index in [1.165, 1.54) is 12.8 Å². The summed E-state index contributed by atoms with van der Waals surface area (Å²) in [5.41, 5.74) is 1.82. The highest BCUT2D eigenvalue weighted by Crippen LogP contribution is 2.33. The summed E-state index contributed by atoms with van der Waals surface area (Å²) in [7, 11) is 0. The maximum absolute atomic E-state index is 12.0. The zero-order chi connectivity index (χ0) is 14.7. The number of hydrogen-bond donors (Lipinski definition) is 2. The number of rotatable bonds is 6. The molecule has 1 aromatic carbocycles. The standard InChI is InChI=1S/C16H23ClN2O/c1-10(2)5-4-6-11(3)18-15-13-9-12(17)7-8-14(13)19-16(15)20/h7-11,15,18H,4-6H2,1-3H3,(H,19,20). The SMILES string of the molecule is CC(C)CCCC(C)NC1C(=O)Nc2ccc(Cl)cc21. The van der Waals surface area contributed by atoms with Gasteiger partial charge in [0.05, 0.1) is 0 Å². The van der Waals surface area contributed by atoms with Crippen molar-refractivity contribution in [1.82, 2.24) is 5.32 Å². The molecule has 2 atom stereocenters. The van der Waals surface area contributed by atoms with E-state index in [9.17, 15) is 4.79 Å². The van der Waals surface area contributed by atoms with Crippen molar-refractivity contribution in [1.29, 1.82) is 0 Å². The van der Waals surface area contributed by atoms with Gasteiger partial charge in [0.25, 0.3) is 0 Å². The van der Waals surface area contributed by atoms with Gasteiger partial charge in [-0.05, 0) is 37.5 Å². The van der Waals surface area contributed by atoms with Crippen LogP contribution in [0.2, 0.25) is 5.02 Å². The third kappa shape index (κ3) is 3.74. The van der Waals surface area contributed by atoms with Crippen LogP contribution in [0.5, 0.6) is 0 Å². The molecular weight excluding hydrogens is 272 g/mol. The van der Waals surface area contributed by atoms with E-state index in [2.05, 4.69) is 31.4 Å². The second-order valence-electron chi connectivity index (χ2n) is 6.05. The lowest BCUT2D eigenvalue weighted by Crippen LogP contribution is -2.34. The topological polar surface area (TPSA) is 41.1 Å². The summed E-state index contributed by atoms with van der Waals surface area (Å²) in [6, 6.07) is 5.57. The monoisotopic (exact) mass is 294 g/mol. The summed E-state index contributed by atoms with van der Waals surface area (Å²) in [6.07, 6.45) is 3.49. The minimum atomic E-state index is -0.280. The van der Waals surface area contributed by atoms with Crippen LogP contribution in [-0.2, 0) is 4.79 Å². The van der Waals surface area contributed by atoms with Crippen LogP contribution in [0.3, 0.4) is 0 Å². The second-order valence-corrected chi connectivity index (χ2v) is 6.48. The molecule has 0 bridgehead atoms. The highest BCUT2D eigenvalue weighted by Gasteiger charge is 2.31. The van der Waals surface area contributed by atoms with Crippen LogP contribution in [0.1, 0.15) is 51.6 Å². The number of anilines is 1. The van der Waals surface area contributed by atoms with Gasteiger partial charge in [-0.1, -0.05) is 38.3 Å². The van der Waals surface area contributed by atoms with Gasteiger partial charge in [-0.25, -0.2) is 0 Å². The number of fused-ring (bicyclic) bond motifs is 1. The Morgan fingerprint density at radius 2 is 2.05 bits per heavy atom. The zero-order valence-electron chi connectivity index (χ0n) is 12.4. The molecule has 0 aromatic heterocycles. The van der Waals surface area contributed by atoms with Crippen molar-refractivity contribution in [2.75, 3.05) is 5.32 Å². The van der Waals surface area contributed by atoms with Crippen LogP contribution in [0.4, 0.5) is 5.69 Å². The minimum absolute atomic E-state index is 0.0120. The summed E-state index contributed by atoms with van der Waals surface area (Å²) in [5, 5.41) is 6.98. The predicted molar refractivity (Wildman–Crippen MR) is 84.1 cm³/mol. The van der Waals surface area contributed by atoms with E-state index >= 15 is 0 Å². The van der Waals surface area contributed by atoms with E-state index in [-0.39, 0.29) is 11.9 Å². The Morgan fingerprint density at radius 3 is 2.75 bits per heavy atom. The molecule has 1 amide bonds. The molecule has 0 spiro atoms. The highest BCUT2D eigenvalue weighted by molar-refractivity contribution is 6.31. The summed E-state index contributed by atoms with van der Waals surface area (Å²) < 4.78 is 0. The second kappa shape index (κ2) is 6.59. The van der Waals surface area contributed by atoms with E-state index in [1.54, 1.807) is 6.07 Å². The van der Waals surface area contributed by atoms with Crippen molar-refractivity contribution in [2.24, 2.45) is 5.92 Å². The van der Waals surface area contributed by atoms with Gasteiger partial charge in [0.1, 0.15) is 6.04 Å². The number of carbonyl (C=O) groups is 1. The van der Waals surface area contributed by atoms with E-state index < -0.39 is 0 Å². The molecule has 2 unspecified atom stereocenters. The predicted octanol–water partition coefficient (Wildman–Crippen LogP) is 4.14. The summed E-state index contributed by atoms with van der Waals surface area (Å²) in [6.45, 7) is 6.61. The summed E-state index contributed by atoms with van der Waals surface area (Å²) >= 11 is 6.02. The Kier molecular flexibility index (Phi) is 5.06. The first-order chi connectivity index (χ1) is 9.47. The number of amides is 1. The van der Waals surface area contributed by atoms with Gasteiger partial charge < -0.3 is 5.32 Å². The van der Waals surface area contributed by atoms with Crippen LogP contribution in [0, 0.1) is 5.92 Å². The van der Waals surface area contributed by atoms with Crippen molar-refractivity contribution in [3.63, 3.8) is 0 Å². The fourth-order valence-electron chi connectivity index (χ4n) is 2.60. The number of nitrogens with one attached hydrogen (secondary N) is 2. The third-order valence-electron chi connectivity index (χ3n) is 3.71. The Balaban J connectivity index is 1.96. The molecule has 2 rings (SSSR count). The van der Waals surface area contributed by atoms with Crippen molar-refractivity contribution in [2.45, 2.75) is 52.1 Å². The molecule has 1 aliphatic rings. The van der Waals surface area contributed by atoms with Gasteiger partial charge >= 0.3 is 0 Å². The normalized spacial score (nSPS) is 19.1. The average molecular weight is 295 g/mol. The molecule has 0 aliphatic carbocycles. The van der Waals surface area contributed by atoms with Gasteiger partial charge in [0, 0.05) is 22.3 Å². The largest absolute Gasteiger partial charge is 0.324 e. The zero-order valence-corrected chi connectivity index (χ0v) is 13.1. The maximum Gasteiger partial charge on any atom is 0.246 e. The fourth-order valence-corrected chi connectivity index (χ4v) is 2.78. The van der Waals surface area contributed by atoms with E-state index in [1.807, 2.05) is 12.1 Å². The van der Waals surface area contributed by atoms with Crippen molar-refractivity contribution >= 4 is 23.2 Å². The summed E-state index contributed by atoms with van der Waals surface area (Å²) in [5.74, 6) is 0.745. The van der Waals surface area contributed by atoms with Crippen LogP contribution >= 0.6 is 11.6 Å². The minimum Gasteiger partial charge on any atom is -0.324 e. The lowest BCUT2D eigenvalue weighted by Gasteiger charge is -2.19. The smallest absolute Gasteiger partial charge is 0.246 e. The first kappa shape index (κ1) is 15.3. The molecule has 1 aromatic rings. The Morgan fingerprint density at radius 1 is 1.30 bits per heavy atom. The molecule has 1 aliphatic heterocycles. The number of benzene rings is 1. The number of carbonyl (C=O) groups excluding carboxylic acids is 1. The molecule has 1 heterocycles. The van der Waals surface area contributed by atoms with Crippen LogP contribution in [0.15, 0.2) is 18.2 Å². The van der Waals surface area contributed by atoms with E-state index in [0.29, 0.717) is 11.1 Å². The van der Waals surface area contributed by atoms with Gasteiger partial charge in [0.2, 0.25) is 5.91 Å². The van der Waals surface area contributed by atoms with E-state index in [4.69, 9.17) is 11.6 Å². The van der Waals surface area contributed by atoms with Gasteiger partial charge in [-0.15, -0.1) is 0 Å². The molecule has 0 radical (unpaired) electrons. The molecule has 2 N–H and O–H groups in total. The van der Waals surface area contributed by atoms with Gasteiger partial charge in [0.15, 0.2) is 0 Å². The van der Waals surface area contributed by atoms with Crippen LogP contribution in [-0.4, -0.2) is 11.9 Å². The van der Waals surface area contributed by atoms with Crippen LogP contribution in [0.25, 0.3) is 0 Å². The Bertz CT molecular complexity index is 487. The molecular formula is C16H23ClN2O. The molecule has 0 fully saturated rings. The lowest BCUT2D eigenvalue weighted by atomic mass is 10.0. The van der Waals surface area contributed by atoms with Crippen molar-refractivity contribution in [3.8, 4) is 0 Å². The average Bonchev–Trinajstić information content (AvgIpc) is 2.65. The molecule has 0 saturated heterocycles. The maximum atomic E-state index is 12.0. The molecule has 3 nitrogen and oxygen atoms in total. The Labute approximate surface area is 126 Å². The molecule has 110 valence electrons. The first-order valence-corrected chi connectivity index (χ1v) is 7.71. The highest BCUT2D eigenvalue weighted by atomic mass is 35.5. The van der Waals surface area contributed by atoms with E-state index in [0.717, 1.165) is 23.6 Å². The molecule has 0 saturated carbocycles. The Hall–Kier alpha value is -1.06. The molecule has 20 heavy (non-hydrogen) atoms. The van der Waals surface area contributed by atoms with Crippen molar-refractivity contribution in [3.05, 3.63) is 28.8 Å². The number of hydrogen-bond acceptors (Lipinski definition) is 2. The fraction of sp³-hybridized carbons (Fsp3) is 0.562. The first-order valence-electron chi connectivity index (χ1n) is 7.33. The quantitative estimate of drug-likeness (QED) is 0.828. The van der Waals surface area contributed by atoms with Gasteiger partial charge in [-0.3, -0.25) is 10.1 Å². The number of halogens is 1.